The van der Waals surface area contributed by atoms with Crippen LogP contribution >= 0.6 is 0 Å². The maximum absolute atomic E-state index is 12.6. The maximum atomic E-state index is 12.6. The smallest absolute Gasteiger partial charge is 0.228 e. The van der Waals surface area contributed by atoms with Crippen LogP contribution in [-0.4, -0.2) is 19.0 Å². The van der Waals surface area contributed by atoms with Gasteiger partial charge in [0, 0.05) is 30.9 Å². The van der Waals surface area contributed by atoms with Crippen LogP contribution in [0.25, 0.3) is 0 Å². The lowest BCUT2D eigenvalue weighted by molar-refractivity contribution is -0.118. The molecule has 3 heteroatoms. The molecule has 0 fully saturated rings. The van der Waals surface area contributed by atoms with E-state index in [9.17, 15) is 4.79 Å². The number of carbonyl (C=O) groups is 1. The lowest BCUT2D eigenvalue weighted by Crippen LogP contribution is -2.31. The molecule has 2 aromatic rings. The molecule has 0 unspecified atom stereocenters. The second-order valence-electron chi connectivity index (χ2n) is 6.34. The van der Waals surface area contributed by atoms with Crippen LogP contribution in [0.3, 0.4) is 0 Å². The predicted octanol–water partition coefficient (Wildman–Crippen LogP) is 4.97. The molecule has 2 aromatic carbocycles. The number of hydrogen-bond donors (Lipinski definition) is 1. The average Bonchev–Trinajstić information content (AvgIpc) is 2.57. The van der Waals surface area contributed by atoms with E-state index in [0.29, 0.717) is 25.4 Å². The van der Waals surface area contributed by atoms with Gasteiger partial charge in [-0.3, -0.25) is 4.79 Å². The van der Waals surface area contributed by atoms with Crippen LogP contribution in [-0.2, 0) is 4.79 Å². The Morgan fingerprint density at radius 2 is 1.79 bits per heavy atom. The zero-order chi connectivity index (χ0) is 17.5. The van der Waals surface area contributed by atoms with Crippen molar-refractivity contribution in [3.8, 4) is 0 Å². The fourth-order valence-corrected chi connectivity index (χ4v) is 2.95. The Balaban J connectivity index is 2.00. The largest absolute Gasteiger partial charge is 0.384 e. The molecule has 0 aromatic heterocycles. The highest BCUT2D eigenvalue weighted by Gasteiger charge is 2.14. The summed E-state index contributed by atoms with van der Waals surface area (Å²) in [5.74, 6) is 0.607. The Bertz CT molecular complexity index is 665. The van der Waals surface area contributed by atoms with Crippen molar-refractivity contribution in [1.29, 1.82) is 0 Å². The van der Waals surface area contributed by atoms with Gasteiger partial charge >= 0.3 is 0 Å². The number of hydrogen-bond acceptors (Lipinski definition) is 2. The van der Waals surface area contributed by atoms with Gasteiger partial charge < -0.3 is 10.2 Å². The van der Waals surface area contributed by atoms with E-state index in [2.05, 4.69) is 44.3 Å². The lowest BCUT2D eigenvalue weighted by Gasteiger charge is -2.22. The zero-order valence-electron chi connectivity index (χ0n) is 15.2. The minimum absolute atomic E-state index is 0.149. The highest BCUT2D eigenvalue weighted by molar-refractivity contribution is 5.93. The molecule has 0 bridgehead atoms. The predicted molar refractivity (Wildman–Crippen MR) is 103 cm³/mol. The Labute approximate surface area is 145 Å². The first-order chi connectivity index (χ1) is 11.5. The first-order valence-corrected chi connectivity index (χ1v) is 8.73. The number of para-hydroxylation sites is 2. The molecule has 1 amide bonds. The van der Waals surface area contributed by atoms with Gasteiger partial charge in [-0.1, -0.05) is 50.2 Å². The van der Waals surface area contributed by atoms with Crippen LogP contribution in [0.15, 0.2) is 48.5 Å². The standard InChI is InChI=1S/C21H28N2O/c1-5-23(18-11-7-6-8-12-18)20(24)14-15-22-21-17(4)10-9-13-19(21)16(2)3/h6-13,16,22H,5,14-15H2,1-4H3. The molecule has 2 rings (SSSR count). The second kappa shape index (κ2) is 8.53. The van der Waals surface area contributed by atoms with Gasteiger partial charge in [0.05, 0.1) is 0 Å². The molecule has 0 radical (unpaired) electrons. The molecule has 0 heterocycles. The summed E-state index contributed by atoms with van der Waals surface area (Å²) in [6.45, 7) is 9.84. The van der Waals surface area contributed by atoms with E-state index in [1.807, 2.05) is 42.2 Å². The van der Waals surface area contributed by atoms with E-state index in [-0.39, 0.29) is 5.91 Å². The minimum Gasteiger partial charge on any atom is -0.384 e. The maximum Gasteiger partial charge on any atom is 0.228 e. The average molecular weight is 324 g/mol. The molecule has 3 nitrogen and oxygen atoms in total. The third-order valence-corrected chi connectivity index (χ3v) is 4.25. The van der Waals surface area contributed by atoms with E-state index < -0.39 is 0 Å². The molecule has 0 saturated carbocycles. The number of amides is 1. The number of carbonyl (C=O) groups excluding carboxylic acids is 1. The van der Waals surface area contributed by atoms with Crippen molar-refractivity contribution in [3.05, 3.63) is 59.7 Å². The van der Waals surface area contributed by atoms with Crippen molar-refractivity contribution in [2.45, 2.75) is 40.0 Å². The summed E-state index contributed by atoms with van der Waals surface area (Å²) in [7, 11) is 0. The van der Waals surface area contributed by atoms with Crippen molar-refractivity contribution < 1.29 is 4.79 Å². The highest BCUT2D eigenvalue weighted by atomic mass is 16.2. The number of aryl methyl sites for hydroxylation is 1. The topological polar surface area (TPSA) is 32.3 Å². The normalized spacial score (nSPS) is 10.7. The van der Waals surface area contributed by atoms with Gasteiger partial charge in [-0.05, 0) is 43.0 Å². The van der Waals surface area contributed by atoms with Crippen LogP contribution in [0.2, 0.25) is 0 Å². The van der Waals surface area contributed by atoms with Gasteiger partial charge in [-0.25, -0.2) is 0 Å². The Morgan fingerprint density at radius 3 is 2.42 bits per heavy atom. The zero-order valence-corrected chi connectivity index (χ0v) is 15.2. The van der Waals surface area contributed by atoms with E-state index in [0.717, 1.165) is 5.69 Å². The third kappa shape index (κ3) is 4.38. The van der Waals surface area contributed by atoms with Crippen LogP contribution < -0.4 is 10.2 Å². The van der Waals surface area contributed by atoms with Gasteiger partial charge in [0.25, 0.3) is 0 Å². The molecule has 0 atom stereocenters. The molecule has 128 valence electrons. The first-order valence-electron chi connectivity index (χ1n) is 8.73. The first kappa shape index (κ1) is 18.1. The van der Waals surface area contributed by atoms with Crippen molar-refractivity contribution in [2.24, 2.45) is 0 Å². The fraction of sp³-hybridized carbons (Fsp3) is 0.381. The number of rotatable bonds is 7. The lowest BCUT2D eigenvalue weighted by atomic mass is 9.98. The molecule has 0 spiro atoms. The summed E-state index contributed by atoms with van der Waals surface area (Å²) in [4.78, 5) is 14.4. The molecular weight excluding hydrogens is 296 g/mol. The quantitative estimate of drug-likeness (QED) is 0.779. The van der Waals surface area contributed by atoms with Gasteiger partial charge in [-0.2, -0.15) is 0 Å². The third-order valence-electron chi connectivity index (χ3n) is 4.25. The summed E-state index contributed by atoms with van der Waals surface area (Å²) in [6.07, 6.45) is 0.481. The van der Waals surface area contributed by atoms with Crippen LogP contribution in [0.4, 0.5) is 11.4 Å². The molecule has 24 heavy (non-hydrogen) atoms. The van der Waals surface area contributed by atoms with Gasteiger partial charge in [0.1, 0.15) is 0 Å². The second-order valence-corrected chi connectivity index (χ2v) is 6.34. The van der Waals surface area contributed by atoms with Gasteiger partial charge in [-0.15, -0.1) is 0 Å². The Kier molecular flexibility index (Phi) is 6.42. The van der Waals surface area contributed by atoms with Crippen molar-refractivity contribution in [1.82, 2.24) is 0 Å². The molecule has 0 aliphatic heterocycles. The van der Waals surface area contributed by atoms with E-state index in [1.165, 1.54) is 16.8 Å². The van der Waals surface area contributed by atoms with Crippen LogP contribution in [0.1, 0.15) is 44.2 Å². The van der Waals surface area contributed by atoms with Crippen LogP contribution in [0.5, 0.6) is 0 Å². The van der Waals surface area contributed by atoms with E-state index >= 15 is 0 Å². The number of anilines is 2. The van der Waals surface area contributed by atoms with Gasteiger partial charge in [0.2, 0.25) is 5.91 Å². The minimum atomic E-state index is 0.149. The summed E-state index contributed by atoms with van der Waals surface area (Å²) >= 11 is 0. The Morgan fingerprint density at radius 1 is 1.08 bits per heavy atom. The summed E-state index contributed by atoms with van der Waals surface area (Å²) in [6, 6.07) is 16.2. The monoisotopic (exact) mass is 324 g/mol. The molecule has 0 aliphatic rings. The number of nitrogens with one attached hydrogen (secondary N) is 1. The fourth-order valence-electron chi connectivity index (χ4n) is 2.95. The Hall–Kier alpha value is -2.29. The summed E-state index contributed by atoms with van der Waals surface area (Å²) < 4.78 is 0. The van der Waals surface area contributed by atoms with E-state index in [1.54, 1.807) is 0 Å². The molecular formula is C21H28N2O. The molecule has 1 N–H and O–H groups in total. The van der Waals surface area contributed by atoms with Gasteiger partial charge in [0.15, 0.2) is 0 Å². The SMILES string of the molecule is CCN(C(=O)CCNc1c(C)cccc1C(C)C)c1ccccc1. The van der Waals surface area contributed by atoms with Crippen molar-refractivity contribution in [2.75, 3.05) is 23.3 Å². The van der Waals surface area contributed by atoms with E-state index in [4.69, 9.17) is 0 Å². The number of nitrogens with zero attached hydrogens (tertiary/aromatic N) is 1. The van der Waals surface area contributed by atoms with Crippen LogP contribution in [0, 0.1) is 6.92 Å². The summed E-state index contributed by atoms with van der Waals surface area (Å²) in [5.41, 5.74) is 4.66. The molecule has 0 aliphatic carbocycles. The van der Waals surface area contributed by atoms with Crippen molar-refractivity contribution >= 4 is 17.3 Å². The number of benzene rings is 2. The van der Waals surface area contributed by atoms with Crippen molar-refractivity contribution in [3.63, 3.8) is 0 Å². The molecule has 0 saturated heterocycles. The highest BCUT2D eigenvalue weighted by Crippen LogP contribution is 2.27. The summed E-state index contributed by atoms with van der Waals surface area (Å²) in [5, 5.41) is 3.48.